The third-order valence-electron chi connectivity index (χ3n) is 2.81. The van der Waals surface area contributed by atoms with Crippen LogP contribution in [0.15, 0.2) is 30.3 Å². The zero-order chi connectivity index (χ0) is 14.1. The number of anilines is 1. The molecule has 0 atom stereocenters. The average Bonchev–Trinajstić information content (AvgIpc) is 2.86. The molecule has 3 rings (SSSR count). The summed E-state index contributed by atoms with van der Waals surface area (Å²) in [6.07, 6.45) is 0. The summed E-state index contributed by atoms with van der Waals surface area (Å²) in [7, 11) is 0. The lowest BCUT2D eigenvalue weighted by Crippen LogP contribution is -2.06. The van der Waals surface area contributed by atoms with Crippen molar-refractivity contribution in [2.75, 3.05) is 11.9 Å². The first kappa shape index (κ1) is 13.1. The predicted octanol–water partition coefficient (Wildman–Crippen LogP) is 3.55. The van der Waals surface area contributed by atoms with E-state index in [1.807, 2.05) is 31.2 Å². The number of hydrogen-bond acceptors (Lipinski definition) is 4. The van der Waals surface area contributed by atoms with Gasteiger partial charge in [0.2, 0.25) is 0 Å². The van der Waals surface area contributed by atoms with Crippen LogP contribution in [0.5, 0.6) is 0 Å². The predicted molar refractivity (Wildman–Crippen MR) is 80.8 cm³/mol. The monoisotopic (exact) mass is 307 g/mol. The molecule has 2 aromatic heterocycles. The number of nitrogens with zero attached hydrogens (tertiary/aromatic N) is 4. The molecular formula is C13H11Cl2N5. The van der Waals surface area contributed by atoms with Gasteiger partial charge < -0.3 is 5.32 Å². The van der Waals surface area contributed by atoms with Crippen LogP contribution in [0.25, 0.3) is 16.9 Å². The Morgan fingerprint density at radius 3 is 2.80 bits per heavy atom. The van der Waals surface area contributed by atoms with E-state index in [0.29, 0.717) is 28.2 Å². The summed E-state index contributed by atoms with van der Waals surface area (Å²) < 4.78 is 1.61. The number of benzene rings is 1. The number of aromatic nitrogens is 4. The number of nitrogens with one attached hydrogen (secondary N) is 1. The lowest BCUT2D eigenvalue weighted by molar-refractivity contribution is 0.802. The van der Waals surface area contributed by atoms with Crippen molar-refractivity contribution in [2.45, 2.75) is 6.92 Å². The highest BCUT2D eigenvalue weighted by Crippen LogP contribution is 2.29. The molecular weight excluding hydrogens is 297 g/mol. The Balaban J connectivity index is 2.21. The molecule has 0 aliphatic rings. The van der Waals surface area contributed by atoms with Crippen molar-refractivity contribution in [2.24, 2.45) is 0 Å². The zero-order valence-electron chi connectivity index (χ0n) is 10.6. The number of para-hydroxylation sites is 1. The van der Waals surface area contributed by atoms with E-state index in [1.54, 1.807) is 10.7 Å². The molecule has 3 aromatic rings. The van der Waals surface area contributed by atoms with Gasteiger partial charge in [-0.3, -0.25) is 0 Å². The highest BCUT2D eigenvalue weighted by Gasteiger charge is 2.14. The highest BCUT2D eigenvalue weighted by atomic mass is 35.5. The van der Waals surface area contributed by atoms with Gasteiger partial charge in [0.25, 0.3) is 0 Å². The molecule has 0 amide bonds. The number of halogens is 2. The van der Waals surface area contributed by atoms with Crippen molar-refractivity contribution >= 4 is 40.1 Å². The van der Waals surface area contributed by atoms with Gasteiger partial charge in [-0.15, -0.1) is 5.10 Å². The van der Waals surface area contributed by atoms with Crippen LogP contribution in [0.3, 0.4) is 0 Å². The molecule has 0 aliphatic carbocycles. The van der Waals surface area contributed by atoms with Gasteiger partial charge in [-0.2, -0.15) is 4.68 Å². The quantitative estimate of drug-likeness (QED) is 0.804. The van der Waals surface area contributed by atoms with Crippen LogP contribution < -0.4 is 5.32 Å². The Kier molecular flexibility index (Phi) is 3.46. The van der Waals surface area contributed by atoms with E-state index in [9.17, 15) is 0 Å². The summed E-state index contributed by atoms with van der Waals surface area (Å²) in [6.45, 7) is 2.68. The van der Waals surface area contributed by atoms with Crippen LogP contribution in [0.1, 0.15) is 6.92 Å². The van der Waals surface area contributed by atoms with Crippen molar-refractivity contribution < 1.29 is 0 Å². The number of pyridine rings is 1. The SMILES string of the molecule is CCNc1nc(-n2nnc3ccccc32)c(Cl)cc1Cl. The number of rotatable bonds is 3. The summed E-state index contributed by atoms with van der Waals surface area (Å²) in [6, 6.07) is 9.27. The summed E-state index contributed by atoms with van der Waals surface area (Å²) in [5.74, 6) is 1.08. The molecule has 2 heterocycles. The standard InChI is InChI=1S/C13H11Cl2N5/c1-2-16-12-8(14)7-9(15)13(17-12)20-11-6-4-3-5-10(11)18-19-20/h3-7H,2H2,1H3,(H,16,17). The van der Waals surface area contributed by atoms with Crippen LogP contribution >= 0.6 is 23.2 Å². The van der Waals surface area contributed by atoms with Crippen LogP contribution in [-0.4, -0.2) is 26.5 Å². The van der Waals surface area contributed by atoms with E-state index in [4.69, 9.17) is 23.2 Å². The fraction of sp³-hybridized carbons (Fsp3) is 0.154. The second-order valence-electron chi connectivity index (χ2n) is 4.14. The topological polar surface area (TPSA) is 55.6 Å². The zero-order valence-corrected chi connectivity index (χ0v) is 12.2. The summed E-state index contributed by atoms with van der Waals surface area (Å²) in [5.41, 5.74) is 1.62. The first-order chi connectivity index (χ1) is 9.70. The highest BCUT2D eigenvalue weighted by molar-refractivity contribution is 6.36. The molecule has 0 aliphatic heterocycles. The molecule has 0 saturated heterocycles. The van der Waals surface area contributed by atoms with Crippen LogP contribution in [0, 0.1) is 0 Å². The molecule has 20 heavy (non-hydrogen) atoms. The van der Waals surface area contributed by atoms with Gasteiger partial charge in [0.15, 0.2) is 5.82 Å². The van der Waals surface area contributed by atoms with Gasteiger partial charge in [0.1, 0.15) is 11.3 Å². The first-order valence-corrected chi connectivity index (χ1v) is 6.87. The van der Waals surface area contributed by atoms with Crippen molar-refractivity contribution in [3.63, 3.8) is 0 Å². The molecule has 0 spiro atoms. The lowest BCUT2D eigenvalue weighted by atomic mass is 10.3. The fourth-order valence-electron chi connectivity index (χ4n) is 1.92. The minimum Gasteiger partial charge on any atom is -0.369 e. The molecule has 1 N–H and O–H groups in total. The van der Waals surface area contributed by atoms with E-state index < -0.39 is 0 Å². The third kappa shape index (κ3) is 2.19. The van der Waals surface area contributed by atoms with Gasteiger partial charge in [-0.25, -0.2) is 4.98 Å². The summed E-state index contributed by atoms with van der Waals surface area (Å²) >= 11 is 12.3. The van der Waals surface area contributed by atoms with Crippen LogP contribution in [0.4, 0.5) is 5.82 Å². The second kappa shape index (κ2) is 5.26. The molecule has 0 bridgehead atoms. The third-order valence-corrected chi connectivity index (χ3v) is 3.37. The van der Waals surface area contributed by atoms with Crippen molar-refractivity contribution in [1.82, 2.24) is 20.0 Å². The molecule has 1 aromatic carbocycles. The molecule has 5 nitrogen and oxygen atoms in total. The number of hydrogen-bond donors (Lipinski definition) is 1. The molecule has 0 fully saturated rings. The fourth-order valence-corrected chi connectivity index (χ4v) is 2.43. The van der Waals surface area contributed by atoms with E-state index in [0.717, 1.165) is 11.0 Å². The number of fused-ring (bicyclic) bond motifs is 1. The minimum atomic E-state index is 0.423. The first-order valence-electron chi connectivity index (χ1n) is 6.11. The van der Waals surface area contributed by atoms with Crippen LogP contribution in [-0.2, 0) is 0 Å². The van der Waals surface area contributed by atoms with Crippen molar-refractivity contribution in [3.05, 3.63) is 40.4 Å². The Hall–Kier alpha value is -1.85. The molecule has 102 valence electrons. The van der Waals surface area contributed by atoms with Gasteiger partial charge in [0, 0.05) is 6.54 Å². The molecule has 0 radical (unpaired) electrons. The molecule has 7 heteroatoms. The van der Waals surface area contributed by atoms with Gasteiger partial charge in [0.05, 0.1) is 15.6 Å². The van der Waals surface area contributed by atoms with E-state index in [2.05, 4.69) is 20.6 Å². The Morgan fingerprint density at radius 1 is 1.20 bits per heavy atom. The average molecular weight is 308 g/mol. The van der Waals surface area contributed by atoms with Gasteiger partial charge in [-0.05, 0) is 25.1 Å². The minimum absolute atomic E-state index is 0.423. The van der Waals surface area contributed by atoms with Gasteiger partial charge in [-0.1, -0.05) is 40.5 Å². The Bertz CT molecular complexity index is 769. The maximum atomic E-state index is 6.23. The smallest absolute Gasteiger partial charge is 0.176 e. The summed E-state index contributed by atoms with van der Waals surface area (Å²) in [4.78, 5) is 4.44. The maximum Gasteiger partial charge on any atom is 0.176 e. The summed E-state index contributed by atoms with van der Waals surface area (Å²) in [5, 5.41) is 12.2. The maximum absolute atomic E-state index is 6.23. The lowest BCUT2D eigenvalue weighted by Gasteiger charge is -2.09. The second-order valence-corrected chi connectivity index (χ2v) is 4.96. The van der Waals surface area contributed by atoms with Crippen molar-refractivity contribution in [3.8, 4) is 5.82 Å². The van der Waals surface area contributed by atoms with E-state index in [-0.39, 0.29) is 0 Å². The van der Waals surface area contributed by atoms with E-state index in [1.165, 1.54) is 0 Å². The van der Waals surface area contributed by atoms with Gasteiger partial charge >= 0.3 is 0 Å². The normalized spacial score (nSPS) is 10.9. The molecule has 0 unspecified atom stereocenters. The Morgan fingerprint density at radius 2 is 2.00 bits per heavy atom. The van der Waals surface area contributed by atoms with Crippen LogP contribution in [0.2, 0.25) is 10.0 Å². The Labute approximate surface area is 125 Å². The largest absolute Gasteiger partial charge is 0.369 e. The van der Waals surface area contributed by atoms with Crippen molar-refractivity contribution in [1.29, 1.82) is 0 Å². The van der Waals surface area contributed by atoms with E-state index >= 15 is 0 Å². The molecule has 0 saturated carbocycles.